The van der Waals surface area contributed by atoms with Crippen molar-refractivity contribution in [3.63, 3.8) is 0 Å². The van der Waals surface area contributed by atoms with Crippen LogP contribution in [0.2, 0.25) is 0 Å². The molecule has 0 atom stereocenters. The summed E-state index contributed by atoms with van der Waals surface area (Å²) in [6.07, 6.45) is 3.42. The molecule has 0 N–H and O–H groups in total. The lowest BCUT2D eigenvalue weighted by Crippen LogP contribution is -2.10. The monoisotopic (exact) mass is 278 g/mol. The normalized spacial score (nSPS) is 10.0. The Kier molecular flexibility index (Phi) is 9.02. The van der Waals surface area contributed by atoms with Crippen LogP contribution in [-0.2, 0) is 9.47 Å². The minimum atomic E-state index is 0.473. The number of benzene rings is 1. The lowest BCUT2D eigenvalue weighted by Gasteiger charge is -2.12. The number of hydrogen-bond donors (Lipinski definition) is 0. The van der Waals surface area contributed by atoms with Gasteiger partial charge in [0.15, 0.2) is 11.5 Å². The maximum Gasteiger partial charge on any atom is 0.161 e. The van der Waals surface area contributed by atoms with Gasteiger partial charge in [0.05, 0.1) is 26.4 Å². The molecular weight excluding hydrogens is 256 g/mol. The fourth-order valence-electron chi connectivity index (χ4n) is 1.44. The maximum atomic E-state index is 5.62. The zero-order valence-electron chi connectivity index (χ0n) is 11.8. The van der Waals surface area contributed by atoms with Gasteiger partial charge in [0.1, 0.15) is 13.2 Å². The summed E-state index contributed by atoms with van der Waals surface area (Å²) < 4.78 is 21.8. The van der Waals surface area contributed by atoms with E-state index in [1.807, 2.05) is 24.3 Å². The average molecular weight is 278 g/mol. The number of para-hydroxylation sites is 2. The average Bonchev–Trinajstić information content (AvgIpc) is 2.48. The Morgan fingerprint density at radius 3 is 1.60 bits per heavy atom. The number of ether oxygens (including phenoxy) is 4. The lowest BCUT2D eigenvalue weighted by molar-refractivity contribution is 0.110. The topological polar surface area (TPSA) is 36.9 Å². The van der Waals surface area contributed by atoms with Gasteiger partial charge in [-0.1, -0.05) is 24.3 Å². The van der Waals surface area contributed by atoms with Crippen molar-refractivity contribution in [2.45, 2.75) is 0 Å². The molecule has 110 valence electrons. The van der Waals surface area contributed by atoms with E-state index in [-0.39, 0.29) is 0 Å². The molecule has 0 saturated heterocycles. The first-order valence-corrected chi connectivity index (χ1v) is 6.60. The molecule has 0 bridgehead atoms. The summed E-state index contributed by atoms with van der Waals surface area (Å²) in [5.74, 6) is 1.41. The van der Waals surface area contributed by atoms with Crippen molar-refractivity contribution >= 4 is 0 Å². The van der Waals surface area contributed by atoms with Crippen molar-refractivity contribution in [2.24, 2.45) is 0 Å². The molecule has 1 aromatic carbocycles. The van der Waals surface area contributed by atoms with Gasteiger partial charge in [-0.15, -0.1) is 13.2 Å². The molecule has 20 heavy (non-hydrogen) atoms. The molecule has 4 heteroatoms. The summed E-state index contributed by atoms with van der Waals surface area (Å²) in [4.78, 5) is 0. The predicted molar refractivity (Wildman–Crippen MR) is 79.5 cm³/mol. The minimum Gasteiger partial charge on any atom is -0.487 e. The van der Waals surface area contributed by atoms with E-state index < -0.39 is 0 Å². The molecule has 1 aromatic rings. The smallest absolute Gasteiger partial charge is 0.161 e. The third-order valence-electron chi connectivity index (χ3n) is 2.29. The molecule has 0 aliphatic rings. The molecule has 1 rings (SSSR count). The Balaban J connectivity index is 2.30. The Hall–Kier alpha value is -1.78. The van der Waals surface area contributed by atoms with Crippen LogP contribution in [0, 0.1) is 0 Å². The summed E-state index contributed by atoms with van der Waals surface area (Å²) in [6.45, 7) is 10.2. The summed E-state index contributed by atoms with van der Waals surface area (Å²) in [5, 5.41) is 0. The van der Waals surface area contributed by atoms with Crippen molar-refractivity contribution in [3.8, 4) is 11.5 Å². The third-order valence-corrected chi connectivity index (χ3v) is 2.29. The van der Waals surface area contributed by atoms with Gasteiger partial charge in [-0.2, -0.15) is 0 Å². The van der Waals surface area contributed by atoms with Gasteiger partial charge in [0.25, 0.3) is 0 Å². The van der Waals surface area contributed by atoms with Gasteiger partial charge in [0, 0.05) is 0 Å². The largest absolute Gasteiger partial charge is 0.487 e. The molecule has 0 heterocycles. The Morgan fingerprint density at radius 1 is 0.750 bits per heavy atom. The first-order valence-electron chi connectivity index (χ1n) is 6.60. The van der Waals surface area contributed by atoms with E-state index in [1.54, 1.807) is 12.2 Å². The first-order chi connectivity index (χ1) is 9.88. The van der Waals surface area contributed by atoms with E-state index in [0.717, 1.165) is 0 Å². The highest BCUT2D eigenvalue weighted by Gasteiger charge is 2.03. The second-order valence-electron chi connectivity index (χ2n) is 3.87. The van der Waals surface area contributed by atoms with E-state index in [4.69, 9.17) is 18.9 Å². The highest BCUT2D eigenvalue weighted by atomic mass is 16.6. The van der Waals surface area contributed by atoms with Gasteiger partial charge in [-0.3, -0.25) is 0 Å². The quantitative estimate of drug-likeness (QED) is 0.435. The molecule has 0 aromatic heterocycles. The van der Waals surface area contributed by atoms with Crippen LogP contribution in [0.1, 0.15) is 0 Å². The second-order valence-corrected chi connectivity index (χ2v) is 3.87. The molecule has 0 aliphatic heterocycles. The fourth-order valence-corrected chi connectivity index (χ4v) is 1.44. The molecule has 0 aliphatic carbocycles. The summed E-state index contributed by atoms with van der Waals surface area (Å²) in [5.41, 5.74) is 0. The predicted octanol–water partition coefficient (Wildman–Crippen LogP) is 2.85. The minimum absolute atomic E-state index is 0.473. The maximum absolute atomic E-state index is 5.62. The van der Waals surface area contributed by atoms with Crippen LogP contribution in [0.25, 0.3) is 0 Å². The van der Waals surface area contributed by atoms with Crippen molar-refractivity contribution in [1.82, 2.24) is 0 Å². The first kappa shape index (κ1) is 16.3. The Bertz CT molecular complexity index is 353. The Labute approximate surface area is 120 Å². The number of hydrogen-bond acceptors (Lipinski definition) is 4. The van der Waals surface area contributed by atoms with Crippen LogP contribution >= 0.6 is 0 Å². The summed E-state index contributed by atoms with van der Waals surface area (Å²) >= 11 is 0. The fraction of sp³-hybridized carbons (Fsp3) is 0.375. The number of rotatable bonds is 12. The van der Waals surface area contributed by atoms with Crippen molar-refractivity contribution in [3.05, 3.63) is 49.6 Å². The zero-order chi connectivity index (χ0) is 14.5. The highest BCUT2D eigenvalue weighted by Crippen LogP contribution is 2.26. The molecule has 0 fully saturated rings. The molecule has 0 amide bonds. The van der Waals surface area contributed by atoms with Crippen LogP contribution in [-0.4, -0.2) is 39.6 Å². The van der Waals surface area contributed by atoms with Crippen molar-refractivity contribution in [1.29, 1.82) is 0 Å². The molecular formula is C16H22O4. The van der Waals surface area contributed by atoms with Gasteiger partial charge in [0.2, 0.25) is 0 Å². The van der Waals surface area contributed by atoms with Crippen molar-refractivity contribution in [2.75, 3.05) is 39.6 Å². The molecule has 0 radical (unpaired) electrons. The van der Waals surface area contributed by atoms with Crippen LogP contribution in [0.4, 0.5) is 0 Å². The van der Waals surface area contributed by atoms with Gasteiger partial charge in [-0.25, -0.2) is 0 Å². The van der Waals surface area contributed by atoms with Gasteiger partial charge in [-0.05, 0) is 12.1 Å². The van der Waals surface area contributed by atoms with E-state index in [0.29, 0.717) is 51.1 Å². The molecule has 0 saturated carbocycles. The Morgan fingerprint density at radius 2 is 1.20 bits per heavy atom. The van der Waals surface area contributed by atoms with E-state index >= 15 is 0 Å². The molecule has 4 nitrogen and oxygen atoms in total. The second kappa shape index (κ2) is 11.1. The lowest BCUT2D eigenvalue weighted by atomic mass is 10.3. The van der Waals surface area contributed by atoms with E-state index in [1.165, 1.54) is 0 Å². The highest BCUT2D eigenvalue weighted by molar-refractivity contribution is 5.39. The third kappa shape index (κ3) is 6.97. The van der Waals surface area contributed by atoms with E-state index in [2.05, 4.69) is 13.2 Å². The van der Waals surface area contributed by atoms with E-state index in [9.17, 15) is 0 Å². The zero-order valence-corrected chi connectivity index (χ0v) is 11.8. The van der Waals surface area contributed by atoms with Crippen molar-refractivity contribution < 1.29 is 18.9 Å². The van der Waals surface area contributed by atoms with Gasteiger partial charge >= 0.3 is 0 Å². The summed E-state index contributed by atoms with van der Waals surface area (Å²) in [7, 11) is 0. The SMILES string of the molecule is C=CCOCCOc1ccccc1OCCOCC=C. The summed E-state index contributed by atoms with van der Waals surface area (Å²) in [6, 6.07) is 7.54. The van der Waals surface area contributed by atoms with Crippen LogP contribution in [0.5, 0.6) is 11.5 Å². The molecule has 0 spiro atoms. The van der Waals surface area contributed by atoms with Crippen LogP contribution < -0.4 is 9.47 Å². The van der Waals surface area contributed by atoms with Crippen LogP contribution in [0.15, 0.2) is 49.6 Å². The van der Waals surface area contributed by atoms with Crippen LogP contribution in [0.3, 0.4) is 0 Å². The molecule has 0 unspecified atom stereocenters. The van der Waals surface area contributed by atoms with Gasteiger partial charge < -0.3 is 18.9 Å². The standard InChI is InChI=1S/C16H22O4/c1-3-9-17-11-13-19-15-7-5-6-8-16(15)20-14-12-18-10-4-2/h3-8H,1-2,9-14H2.